The van der Waals surface area contributed by atoms with E-state index in [0.717, 1.165) is 22.5 Å². The van der Waals surface area contributed by atoms with Gasteiger partial charge in [-0.2, -0.15) is 4.37 Å². The molecular formula is C8H12N2OS2. The third-order valence-corrected chi connectivity index (χ3v) is 3.69. The lowest BCUT2D eigenvalue weighted by Crippen LogP contribution is -1.90. The van der Waals surface area contributed by atoms with Crippen molar-refractivity contribution in [2.75, 3.05) is 19.5 Å². The van der Waals surface area contributed by atoms with Crippen LogP contribution in [0.25, 0.3) is 0 Å². The highest BCUT2D eigenvalue weighted by Crippen LogP contribution is 2.39. The van der Waals surface area contributed by atoms with Crippen LogP contribution in [0.2, 0.25) is 0 Å². The van der Waals surface area contributed by atoms with Crippen LogP contribution in [0.1, 0.15) is 24.6 Å². The predicted molar refractivity (Wildman–Crippen MR) is 54.5 cm³/mol. The fraction of sp³-hybridized carbons (Fsp3) is 0.750. The summed E-state index contributed by atoms with van der Waals surface area (Å²) in [5.74, 6) is 2.70. The Labute approximate surface area is 86.1 Å². The highest BCUT2D eigenvalue weighted by Gasteiger charge is 2.27. The average molecular weight is 216 g/mol. The minimum Gasteiger partial charge on any atom is -0.384 e. The minimum atomic E-state index is 0.674. The van der Waals surface area contributed by atoms with Crippen molar-refractivity contribution in [1.82, 2.24) is 9.36 Å². The van der Waals surface area contributed by atoms with E-state index in [1.807, 2.05) is 0 Å². The molecule has 3 nitrogen and oxygen atoms in total. The second-order valence-electron chi connectivity index (χ2n) is 3.03. The molecule has 2 rings (SSSR count). The molecule has 1 heterocycles. The summed E-state index contributed by atoms with van der Waals surface area (Å²) in [7, 11) is 1.72. The van der Waals surface area contributed by atoms with Crippen molar-refractivity contribution in [3.63, 3.8) is 0 Å². The van der Waals surface area contributed by atoms with Gasteiger partial charge in [0.2, 0.25) is 0 Å². The van der Waals surface area contributed by atoms with Gasteiger partial charge < -0.3 is 4.74 Å². The van der Waals surface area contributed by atoms with Crippen LogP contribution in [0.4, 0.5) is 0 Å². The van der Waals surface area contributed by atoms with Gasteiger partial charge in [-0.25, -0.2) is 4.98 Å². The summed E-state index contributed by atoms with van der Waals surface area (Å²) in [6, 6.07) is 0. The van der Waals surface area contributed by atoms with Gasteiger partial charge >= 0.3 is 0 Å². The van der Waals surface area contributed by atoms with Crippen molar-refractivity contribution in [3.05, 3.63) is 5.82 Å². The molecule has 1 aromatic rings. The van der Waals surface area contributed by atoms with Gasteiger partial charge in [-0.1, -0.05) is 11.8 Å². The summed E-state index contributed by atoms with van der Waals surface area (Å²) in [6.07, 6.45) is 2.55. The van der Waals surface area contributed by atoms with Crippen LogP contribution < -0.4 is 0 Å². The zero-order valence-electron chi connectivity index (χ0n) is 7.52. The van der Waals surface area contributed by atoms with E-state index in [4.69, 9.17) is 4.74 Å². The van der Waals surface area contributed by atoms with Crippen molar-refractivity contribution in [3.8, 4) is 0 Å². The number of ether oxygens (including phenoxy) is 1. The maximum Gasteiger partial charge on any atom is 0.170 e. The average Bonchev–Trinajstić information content (AvgIpc) is 2.88. The molecule has 1 aliphatic carbocycles. The van der Waals surface area contributed by atoms with Gasteiger partial charge in [-0.3, -0.25) is 0 Å². The standard InChI is InChI=1S/C8H12N2OS2/c1-11-4-5-12-8-9-7(10-13-8)6-2-3-6/h6H,2-5H2,1H3. The lowest BCUT2D eigenvalue weighted by atomic mass is 10.4. The summed E-state index contributed by atoms with van der Waals surface area (Å²) in [4.78, 5) is 4.46. The first-order valence-electron chi connectivity index (χ1n) is 4.35. The van der Waals surface area contributed by atoms with Crippen molar-refractivity contribution in [2.45, 2.75) is 23.1 Å². The number of hydrogen-bond acceptors (Lipinski definition) is 5. The number of thioether (sulfide) groups is 1. The molecular weight excluding hydrogens is 204 g/mol. The second kappa shape index (κ2) is 4.39. The molecule has 0 radical (unpaired) electrons. The Bertz CT molecular complexity index is 273. The molecule has 0 saturated heterocycles. The zero-order valence-corrected chi connectivity index (χ0v) is 9.16. The Kier molecular flexibility index (Phi) is 3.18. The minimum absolute atomic E-state index is 0.674. The third kappa shape index (κ3) is 2.65. The molecule has 0 spiro atoms. The maximum absolute atomic E-state index is 4.97. The summed E-state index contributed by atoms with van der Waals surface area (Å²) in [5, 5.41) is 0. The molecule has 1 aromatic heterocycles. The number of methoxy groups -OCH3 is 1. The first kappa shape index (κ1) is 9.43. The number of rotatable bonds is 5. The van der Waals surface area contributed by atoms with Crippen LogP contribution in [0, 0.1) is 0 Å². The fourth-order valence-electron chi connectivity index (χ4n) is 0.998. The molecule has 0 amide bonds. The van der Waals surface area contributed by atoms with Crippen molar-refractivity contribution < 1.29 is 4.74 Å². The Morgan fingerprint density at radius 2 is 2.46 bits per heavy atom. The molecule has 1 aliphatic rings. The molecule has 0 aliphatic heterocycles. The van der Waals surface area contributed by atoms with Gasteiger partial charge in [-0.05, 0) is 24.4 Å². The van der Waals surface area contributed by atoms with E-state index in [-0.39, 0.29) is 0 Å². The Morgan fingerprint density at radius 3 is 3.15 bits per heavy atom. The zero-order chi connectivity index (χ0) is 9.10. The van der Waals surface area contributed by atoms with Gasteiger partial charge in [0.25, 0.3) is 0 Å². The van der Waals surface area contributed by atoms with Crippen LogP contribution in [0.5, 0.6) is 0 Å². The highest BCUT2D eigenvalue weighted by atomic mass is 32.2. The Hall–Kier alpha value is -0.130. The quantitative estimate of drug-likeness (QED) is 0.558. The molecule has 1 saturated carbocycles. The van der Waals surface area contributed by atoms with Crippen molar-refractivity contribution >= 4 is 23.3 Å². The first-order valence-corrected chi connectivity index (χ1v) is 6.11. The van der Waals surface area contributed by atoms with Gasteiger partial charge in [-0.15, -0.1) is 0 Å². The van der Waals surface area contributed by atoms with E-state index in [1.54, 1.807) is 18.9 Å². The van der Waals surface area contributed by atoms with E-state index in [9.17, 15) is 0 Å². The smallest absolute Gasteiger partial charge is 0.170 e. The molecule has 0 aromatic carbocycles. The Balaban J connectivity index is 1.82. The van der Waals surface area contributed by atoms with E-state index < -0.39 is 0 Å². The summed E-state index contributed by atoms with van der Waals surface area (Å²) in [5.41, 5.74) is 0. The molecule has 0 N–H and O–H groups in total. The SMILES string of the molecule is COCCSc1nc(C2CC2)ns1. The number of hydrogen-bond donors (Lipinski definition) is 0. The van der Waals surface area contributed by atoms with Crippen LogP contribution in [-0.4, -0.2) is 28.8 Å². The van der Waals surface area contributed by atoms with Crippen LogP contribution >= 0.6 is 23.3 Å². The number of nitrogens with zero attached hydrogens (tertiary/aromatic N) is 2. The predicted octanol–water partition coefficient (Wildman–Crippen LogP) is 2.15. The third-order valence-electron chi connectivity index (χ3n) is 1.88. The monoisotopic (exact) mass is 216 g/mol. The molecule has 1 fully saturated rings. The molecule has 0 unspecified atom stereocenters. The van der Waals surface area contributed by atoms with Gasteiger partial charge in [0.15, 0.2) is 4.34 Å². The van der Waals surface area contributed by atoms with Gasteiger partial charge in [0, 0.05) is 18.8 Å². The van der Waals surface area contributed by atoms with Gasteiger partial charge in [0.05, 0.1) is 6.61 Å². The lowest BCUT2D eigenvalue weighted by molar-refractivity contribution is 0.218. The van der Waals surface area contributed by atoms with Crippen LogP contribution in [0.15, 0.2) is 4.34 Å². The van der Waals surface area contributed by atoms with Crippen molar-refractivity contribution in [2.24, 2.45) is 0 Å². The van der Waals surface area contributed by atoms with Crippen LogP contribution in [-0.2, 0) is 4.74 Å². The fourth-order valence-corrected chi connectivity index (χ4v) is 2.65. The topological polar surface area (TPSA) is 35.0 Å². The summed E-state index contributed by atoms with van der Waals surface area (Å²) < 4.78 is 10.4. The largest absolute Gasteiger partial charge is 0.384 e. The highest BCUT2D eigenvalue weighted by molar-refractivity contribution is 8.00. The van der Waals surface area contributed by atoms with E-state index in [0.29, 0.717) is 5.92 Å². The molecule has 72 valence electrons. The van der Waals surface area contributed by atoms with E-state index >= 15 is 0 Å². The van der Waals surface area contributed by atoms with Gasteiger partial charge in [0.1, 0.15) is 5.82 Å². The normalized spacial score (nSPS) is 16.4. The van der Waals surface area contributed by atoms with E-state index in [1.165, 1.54) is 24.4 Å². The lowest BCUT2D eigenvalue weighted by Gasteiger charge is -1.93. The molecule has 13 heavy (non-hydrogen) atoms. The molecule has 0 atom stereocenters. The van der Waals surface area contributed by atoms with Crippen molar-refractivity contribution in [1.29, 1.82) is 0 Å². The summed E-state index contributed by atoms with van der Waals surface area (Å²) in [6.45, 7) is 0.781. The molecule has 5 heteroatoms. The second-order valence-corrected chi connectivity index (χ2v) is 5.13. The van der Waals surface area contributed by atoms with Crippen LogP contribution in [0.3, 0.4) is 0 Å². The summed E-state index contributed by atoms with van der Waals surface area (Å²) >= 11 is 3.25. The Morgan fingerprint density at radius 1 is 1.62 bits per heavy atom. The molecule has 0 bridgehead atoms. The first-order chi connectivity index (χ1) is 6.40. The maximum atomic E-state index is 4.97. The van der Waals surface area contributed by atoms with E-state index in [2.05, 4.69) is 9.36 Å². The number of aromatic nitrogens is 2.